The summed E-state index contributed by atoms with van der Waals surface area (Å²) in [6.07, 6.45) is 3.61. The van der Waals surface area contributed by atoms with Crippen molar-refractivity contribution in [2.45, 2.75) is 42.7 Å². The molecule has 2 aromatic carbocycles. The van der Waals surface area contributed by atoms with Crippen LogP contribution < -0.4 is 25.4 Å². The lowest BCUT2D eigenvalue weighted by Gasteiger charge is -2.12. The number of amides is 3. The van der Waals surface area contributed by atoms with Gasteiger partial charge in [0.15, 0.2) is 0 Å². The van der Waals surface area contributed by atoms with Gasteiger partial charge >= 0.3 is 6.03 Å². The van der Waals surface area contributed by atoms with E-state index in [2.05, 4.69) is 20.7 Å². The summed E-state index contributed by atoms with van der Waals surface area (Å²) in [4.78, 5) is 24.4. The van der Waals surface area contributed by atoms with Crippen LogP contribution in [0, 0.1) is 0 Å². The Bertz CT molecular complexity index is 1090. The van der Waals surface area contributed by atoms with Crippen LogP contribution in [0.5, 0.6) is 5.75 Å². The van der Waals surface area contributed by atoms with Crippen molar-refractivity contribution >= 4 is 33.3 Å². The van der Waals surface area contributed by atoms with Crippen LogP contribution in [0.3, 0.4) is 0 Å². The minimum atomic E-state index is -3.79. The average Bonchev–Trinajstić information content (AvgIpc) is 3.66. The van der Waals surface area contributed by atoms with E-state index in [1.807, 2.05) is 0 Å². The Morgan fingerprint density at radius 3 is 2.10 bits per heavy atom. The highest BCUT2D eigenvalue weighted by Crippen LogP contribution is 2.28. The Morgan fingerprint density at radius 2 is 1.52 bits per heavy atom. The standard InChI is InChI=1S/C21H24N4O5S/c1-30-18-11-2-13(12-19(18)31(28,29)25-17-9-10-17)20(26)22-14-3-5-15(6-4-14)23-21(27)24-16-7-8-16/h2-6,11-12,16-17,25H,7-10H2,1H3,(H,22,26)(H2,23,24,27). The molecule has 0 saturated heterocycles. The molecule has 2 aliphatic carbocycles. The fraction of sp³-hybridized carbons (Fsp3) is 0.333. The van der Waals surface area contributed by atoms with Gasteiger partial charge in [0.2, 0.25) is 10.0 Å². The van der Waals surface area contributed by atoms with Crippen LogP contribution in [0.4, 0.5) is 16.2 Å². The maximum atomic E-state index is 12.7. The van der Waals surface area contributed by atoms with Gasteiger partial charge in [-0.2, -0.15) is 0 Å². The molecule has 2 aromatic rings. The van der Waals surface area contributed by atoms with Crippen LogP contribution in [-0.4, -0.2) is 39.5 Å². The fourth-order valence-electron chi connectivity index (χ4n) is 2.93. The number of hydrogen-bond donors (Lipinski definition) is 4. The largest absolute Gasteiger partial charge is 0.495 e. The van der Waals surface area contributed by atoms with Gasteiger partial charge in [-0.15, -0.1) is 0 Å². The topological polar surface area (TPSA) is 126 Å². The number of sulfonamides is 1. The number of anilines is 2. The lowest BCUT2D eigenvalue weighted by Crippen LogP contribution is -2.30. The molecule has 0 bridgehead atoms. The van der Waals surface area contributed by atoms with Crippen LogP contribution in [0.25, 0.3) is 0 Å². The van der Waals surface area contributed by atoms with Crippen molar-refractivity contribution in [3.63, 3.8) is 0 Å². The molecule has 0 aromatic heterocycles. The second-order valence-corrected chi connectivity index (χ2v) is 9.35. The summed E-state index contributed by atoms with van der Waals surface area (Å²) in [6.45, 7) is 0. The summed E-state index contributed by atoms with van der Waals surface area (Å²) in [5, 5.41) is 8.29. The van der Waals surface area contributed by atoms with Gasteiger partial charge in [-0.25, -0.2) is 17.9 Å². The zero-order valence-corrected chi connectivity index (χ0v) is 17.8. The third-order valence-corrected chi connectivity index (χ3v) is 6.47. The van der Waals surface area contributed by atoms with Gasteiger partial charge in [-0.05, 0) is 68.1 Å². The van der Waals surface area contributed by atoms with E-state index < -0.39 is 15.9 Å². The van der Waals surface area contributed by atoms with Crippen molar-refractivity contribution in [2.75, 3.05) is 17.7 Å². The highest BCUT2D eigenvalue weighted by atomic mass is 32.2. The number of methoxy groups -OCH3 is 1. The maximum Gasteiger partial charge on any atom is 0.319 e. The number of nitrogens with one attached hydrogen (secondary N) is 4. The molecule has 9 nitrogen and oxygen atoms in total. The quantitative estimate of drug-likeness (QED) is 0.498. The Hall–Kier alpha value is -3.11. The number of carbonyl (C=O) groups is 2. The molecule has 0 heterocycles. The van der Waals surface area contributed by atoms with Crippen molar-refractivity contribution in [3.05, 3.63) is 48.0 Å². The molecule has 31 heavy (non-hydrogen) atoms. The first kappa shape index (κ1) is 21.1. The normalized spacial score (nSPS) is 15.8. The van der Waals surface area contributed by atoms with E-state index in [0.29, 0.717) is 11.4 Å². The average molecular weight is 445 g/mol. The van der Waals surface area contributed by atoms with Crippen LogP contribution in [0.15, 0.2) is 47.4 Å². The van der Waals surface area contributed by atoms with Crippen LogP contribution in [0.1, 0.15) is 36.0 Å². The van der Waals surface area contributed by atoms with Crippen molar-refractivity contribution in [3.8, 4) is 5.75 Å². The molecule has 4 N–H and O–H groups in total. The van der Waals surface area contributed by atoms with Gasteiger partial charge < -0.3 is 20.7 Å². The Balaban J connectivity index is 1.44. The zero-order chi connectivity index (χ0) is 22.0. The molecular weight excluding hydrogens is 420 g/mol. The highest BCUT2D eigenvalue weighted by molar-refractivity contribution is 7.89. The fourth-order valence-corrected chi connectivity index (χ4v) is 4.43. The minimum Gasteiger partial charge on any atom is -0.495 e. The summed E-state index contributed by atoms with van der Waals surface area (Å²) in [5.41, 5.74) is 1.29. The predicted molar refractivity (Wildman–Crippen MR) is 116 cm³/mol. The van der Waals surface area contributed by atoms with Gasteiger partial charge in [-0.1, -0.05) is 0 Å². The van der Waals surface area contributed by atoms with Crippen molar-refractivity contribution in [1.29, 1.82) is 0 Å². The third kappa shape index (κ3) is 5.53. The number of benzene rings is 2. The van der Waals surface area contributed by atoms with Gasteiger partial charge in [0.05, 0.1) is 7.11 Å². The molecule has 3 amide bonds. The molecule has 2 fully saturated rings. The van der Waals surface area contributed by atoms with E-state index in [-0.39, 0.29) is 34.3 Å². The number of rotatable bonds is 8. The number of carbonyl (C=O) groups excluding carboxylic acids is 2. The zero-order valence-electron chi connectivity index (χ0n) is 17.0. The van der Waals surface area contributed by atoms with Crippen molar-refractivity contribution < 1.29 is 22.7 Å². The number of urea groups is 1. The summed E-state index contributed by atoms with van der Waals surface area (Å²) >= 11 is 0. The first-order valence-corrected chi connectivity index (χ1v) is 11.5. The van der Waals surface area contributed by atoms with E-state index in [1.54, 1.807) is 24.3 Å². The Kier molecular flexibility index (Phi) is 5.84. The highest BCUT2D eigenvalue weighted by Gasteiger charge is 2.30. The van der Waals surface area contributed by atoms with Crippen LogP contribution >= 0.6 is 0 Å². The monoisotopic (exact) mass is 444 g/mol. The summed E-state index contributed by atoms with van der Waals surface area (Å²) in [5.74, 6) is -0.290. The van der Waals surface area contributed by atoms with Gasteiger partial charge in [0.25, 0.3) is 5.91 Å². The summed E-state index contributed by atoms with van der Waals surface area (Å²) in [6, 6.07) is 10.9. The molecule has 4 rings (SSSR count). The Morgan fingerprint density at radius 1 is 0.903 bits per heavy atom. The lowest BCUT2D eigenvalue weighted by atomic mass is 10.2. The predicted octanol–water partition coefficient (Wildman–Crippen LogP) is 2.67. The lowest BCUT2D eigenvalue weighted by molar-refractivity contribution is 0.102. The molecule has 0 radical (unpaired) electrons. The molecule has 10 heteroatoms. The number of hydrogen-bond acceptors (Lipinski definition) is 5. The van der Waals surface area contributed by atoms with Gasteiger partial charge in [-0.3, -0.25) is 4.79 Å². The van der Waals surface area contributed by atoms with E-state index in [9.17, 15) is 18.0 Å². The molecule has 0 spiro atoms. The minimum absolute atomic E-state index is 0.0642. The first-order valence-electron chi connectivity index (χ1n) is 10.0. The molecule has 0 aliphatic heterocycles. The third-order valence-electron chi connectivity index (χ3n) is 4.93. The van der Waals surface area contributed by atoms with E-state index in [0.717, 1.165) is 25.7 Å². The maximum absolute atomic E-state index is 12.7. The van der Waals surface area contributed by atoms with Gasteiger partial charge in [0, 0.05) is 29.0 Å². The first-order chi connectivity index (χ1) is 14.8. The smallest absolute Gasteiger partial charge is 0.319 e. The van der Waals surface area contributed by atoms with Crippen molar-refractivity contribution in [1.82, 2.24) is 10.0 Å². The molecule has 0 unspecified atom stereocenters. The van der Waals surface area contributed by atoms with E-state index >= 15 is 0 Å². The molecule has 0 atom stereocenters. The van der Waals surface area contributed by atoms with Crippen molar-refractivity contribution in [2.24, 2.45) is 0 Å². The van der Waals surface area contributed by atoms with E-state index in [1.165, 1.54) is 25.3 Å². The molecule has 2 saturated carbocycles. The van der Waals surface area contributed by atoms with E-state index in [4.69, 9.17) is 4.74 Å². The van der Waals surface area contributed by atoms with Crippen LogP contribution in [0.2, 0.25) is 0 Å². The van der Waals surface area contributed by atoms with Gasteiger partial charge in [0.1, 0.15) is 10.6 Å². The Labute approximate surface area is 180 Å². The second-order valence-electron chi connectivity index (χ2n) is 7.67. The number of ether oxygens (including phenoxy) is 1. The molecule has 164 valence electrons. The SMILES string of the molecule is COc1ccc(C(=O)Nc2ccc(NC(=O)NC3CC3)cc2)cc1S(=O)(=O)NC1CC1. The molecule has 2 aliphatic rings. The summed E-state index contributed by atoms with van der Waals surface area (Å²) < 4.78 is 33.0. The second kappa shape index (κ2) is 8.56. The molecular formula is C21H24N4O5S. The summed E-state index contributed by atoms with van der Waals surface area (Å²) in [7, 11) is -2.41. The van der Waals surface area contributed by atoms with Crippen LogP contribution in [-0.2, 0) is 10.0 Å².